The molecule has 6 heteroatoms. The minimum Gasteiger partial charge on any atom is -0.490 e. The second-order valence-corrected chi connectivity index (χ2v) is 5.57. The molecule has 0 unspecified atom stereocenters. The van der Waals surface area contributed by atoms with E-state index in [1.165, 1.54) is 0 Å². The molecule has 6 nitrogen and oxygen atoms in total. The maximum Gasteiger partial charge on any atom is 0.303 e. The number of benzene rings is 2. The SMILES string of the molecule is CCOc1ccc(C(=O)Nc2ccc(CCC(=O)O)cc2)cc1OCC. The average Bonchev–Trinajstić information content (AvgIpc) is 2.63. The Balaban J connectivity index is 2.06. The van der Waals surface area contributed by atoms with Gasteiger partial charge in [-0.25, -0.2) is 0 Å². The van der Waals surface area contributed by atoms with Crippen LogP contribution in [0.1, 0.15) is 36.2 Å². The van der Waals surface area contributed by atoms with Crippen LogP contribution in [-0.4, -0.2) is 30.2 Å². The number of nitrogens with one attached hydrogen (secondary N) is 1. The van der Waals surface area contributed by atoms with Crippen LogP contribution in [-0.2, 0) is 11.2 Å². The lowest BCUT2D eigenvalue weighted by molar-refractivity contribution is -0.136. The van der Waals surface area contributed by atoms with Crippen LogP contribution >= 0.6 is 0 Å². The van der Waals surface area contributed by atoms with Crippen molar-refractivity contribution in [1.29, 1.82) is 0 Å². The summed E-state index contributed by atoms with van der Waals surface area (Å²) < 4.78 is 11.0. The zero-order valence-electron chi connectivity index (χ0n) is 15.0. The van der Waals surface area contributed by atoms with E-state index in [0.717, 1.165) is 5.56 Å². The number of aliphatic carboxylic acids is 1. The molecule has 26 heavy (non-hydrogen) atoms. The van der Waals surface area contributed by atoms with Gasteiger partial charge in [0.05, 0.1) is 13.2 Å². The van der Waals surface area contributed by atoms with E-state index >= 15 is 0 Å². The summed E-state index contributed by atoms with van der Waals surface area (Å²) in [6.45, 7) is 4.74. The monoisotopic (exact) mass is 357 g/mol. The molecule has 0 aliphatic heterocycles. The molecule has 0 saturated heterocycles. The summed E-state index contributed by atoms with van der Waals surface area (Å²) in [5.41, 5.74) is 2.01. The van der Waals surface area contributed by atoms with Gasteiger partial charge >= 0.3 is 5.97 Å². The van der Waals surface area contributed by atoms with Crippen molar-refractivity contribution in [3.05, 3.63) is 53.6 Å². The summed E-state index contributed by atoms with van der Waals surface area (Å²) in [7, 11) is 0. The number of carbonyl (C=O) groups is 2. The minimum atomic E-state index is -0.831. The van der Waals surface area contributed by atoms with Crippen molar-refractivity contribution in [3.8, 4) is 11.5 Å². The fourth-order valence-electron chi connectivity index (χ4n) is 2.40. The number of amides is 1. The van der Waals surface area contributed by atoms with E-state index < -0.39 is 5.97 Å². The molecule has 2 aromatic carbocycles. The number of ether oxygens (including phenoxy) is 2. The first-order valence-electron chi connectivity index (χ1n) is 8.55. The van der Waals surface area contributed by atoms with Crippen LogP contribution in [0.15, 0.2) is 42.5 Å². The Labute approximate surface area is 152 Å². The fourth-order valence-corrected chi connectivity index (χ4v) is 2.40. The Morgan fingerprint density at radius 3 is 2.23 bits per heavy atom. The second-order valence-electron chi connectivity index (χ2n) is 5.57. The third kappa shape index (κ3) is 5.51. The van der Waals surface area contributed by atoms with Crippen LogP contribution in [0.25, 0.3) is 0 Å². The first-order chi connectivity index (χ1) is 12.5. The number of aryl methyl sites for hydroxylation is 1. The van der Waals surface area contributed by atoms with Crippen molar-refractivity contribution >= 4 is 17.6 Å². The predicted molar refractivity (Wildman–Crippen MR) is 99.1 cm³/mol. The summed E-state index contributed by atoms with van der Waals surface area (Å²) >= 11 is 0. The number of rotatable bonds is 9. The summed E-state index contributed by atoms with van der Waals surface area (Å²) in [6, 6.07) is 12.2. The van der Waals surface area contributed by atoms with E-state index in [9.17, 15) is 9.59 Å². The molecule has 0 radical (unpaired) electrons. The molecule has 138 valence electrons. The van der Waals surface area contributed by atoms with Gasteiger partial charge in [-0.1, -0.05) is 12.1 Å². The maximum absolute atomic E-state index is 12.5. The van der Waals surface area contributed by atoms with Crippen molar-refractivity contribution in [2.24, 2.45) is 0 Å². The lowest BCUT2D eigenvalue weighted by Gasteiger charge is -2.12. The van der Waals surface area contributed by atoms with E-state index in [1.54, 1.807) is 30.3 Å². The molecule has 0 bridgehead atoms. The van der Waals surface area contributed by atoms with Crippen LogP contribution in [0, 0.1) is 0 Å². The highest BCUT2D eigenvalue weighted by atomic mass is 16.5. The molecule has 0 spiro atoms. The number of anilines is 1. The second kappa shape index (κ2) is 9.46. The van der Waals surface area contributed by atoms with Gasteiger partial charge in [0.25, 0.3) is 5.91 Å². The number of hydrogen-bond acceptors (Lipinski definition) is 4. The molecule has 1 amide bonds. The van der Waals surface area contributed by atoms with E-state index in [1.807, 2.05) is 26.0 Å². The molecule has 2 aromatic rings. The van der Waals surface area contributed by atoms with Gasteiger partial charge in [0, 0.05) is 17.7 Å². The topological polar surface area (TPSA) is 84.9 Å². The quantitative estimate of drug-likeness (QED) is 0.714. The Morgan fingerprint density at radius 2 is 1.62 bits per heavy atom. The molecule has 0 saturated carbocycles. The fraction of sp³-hybridized carbons (Fsp3) is 0.300. The molecule has 0 fully saturated rings. The summed E-state index contributed by atoms with van der Waals surface area (Å²) in [5.74, 6) is 0.0509. The third-order valence-electron chi connectivity index (χ3n) is 3.64. The number of carboxylic acid groups (broad SMARTS) is 1. The van der Waals surface area contributed by atoms with Gasteiger partial charge in [-0.05, 0) is 56.2 Å². The summed E-state index contributed by atoms with van der Waals surface area (Å²) in [5, 5.41) is 11.5. The van der Waals surface area contributed by atoms with Gasteiger partial charge in [-0.15, -0.1) is 0 Å². The zero-order chi connectivity index (χ0) is 18.9. The van der Waals surface area contributed by atoms with Gasteiger partial charge in [-0.3, -0.25) is 9.59 Å². The van der Waals surface area contributed by atoms with Crippen molar-refractivity contribution < 1.29 is 24.2 Å². The van der Waals surface area contributed by atoms with Crippen molar-refractivity contribution in [3.63, 3.8) is 0 Å². The van der Waals surface area contributed by atoms with Crippen molar-refractivity contribution in [1.82, 2.24) is 0 Å². The number of carboxylic acids is 1. The van der Waals surface area contributed by atoms with Gasteiger partial charge in [0.15, 0.2) is 11.5 Å². The van der Waals surface area contributed by atoms with Gasteiger partial charge in [-0.2, -0.15) is 0 Å². The third-order valence-corrected chi connectivity index (χ3v) is 3.64. The lowest BCUT2D eigenvalue weighted by atomic mass is 10.1. The highest BCUT2D eigenvalue weighted by Crippen LogP contribution is 2.29. The molecule has 0 aromatic heterocycles. The van der Waals surface area contributed by atoms with E-state index in [-0.39, 0.29) is 12.3 Å². The molecular weight excluding hydrogens is 334 g/mol. The van der Waals surface area contributed by atoms with Crippen LogP contribution in [0.2, 0.25) is 0 Å². The van der Waals surface area contributed by atoms with E-state index in [4.69, 9.17) is 14.6 Å². The Hall–Kier alpha value is -3.02. The largest absolute Gasteiger partial charge is 0.490 e. The highest BCUT2D eigenvalue weighted by molar-refractivity contribution is 6.04. The smallest absolute Gasteiger partial charge is 0.303 e. The summed E-state index contributed by atoms with van der Waals surface area (Å²) in [4.78, 5) is 23.1. The average molecular weight is 357 g/mol. The van der Waals surface area contributed by atoms with Gasteiger partial charge < -0.3 is 19.9 Å². The van der Waals surface area contributed by atoms with Crippen molar-refractivity contribution in [2.45, 2.75) is 26.7 Å². The first kappa shape index (κ1) is 19.3. The zero-order valence-corrected chi connectivity index (χ0v) is 15.0. The molecular formula is C20H23NO5. The van der Waals surface area contributed by atoms with E-state index in [2.05, 4.69) is 5.32 Å². The van der Waals surface area contributed by atoms with Crippen LogP contribution in [0.4, 0.5) is 5.69 Å². The van der Waals surface area contributed by atoms with Crippen LogP contribution in [0.3, 0.4) is 0 Å². The van der Waals surface area contributed by atoms with Crippen LogP contribution < -0.4 is 14.8 Å². The van der Waals surface area contributed by atoms with E-state index in [0.29, 0.717) is 42.4 Å². The molecule has 0 aliphatic rings. The predicted octanol–water partition coefficient (Wildman–Crippen LogP) is 3.75. The first-order valence-corrected chi connectivity index (χ1v) is 8.55. The molecule has 0 aliphatic carbocycles. The summed E-state index contributed by atoms with van der Waals surface area (Å²) in [6.07, 6.45) is 0.540. The molecule has 0 heterocycles. The van der Waals surface area contributed by atoms with Crippen molar-refractivity contribution in [2.75, 3.05) is 18.5 Å². The van der Waals surface area contributed by atoms with Gasteiger partial charge in [0.1, 0.15) is 0 Å². The maximum atomic E-state index is 12.5. The number of hydrogen-bond donors (Lipinski definition) is 2. The Bertz CT molecular complexity index is 755. The number of carbonyl (C=O) groups excluding carboxylic acids is 1. The molecule has 2 rings (SSSR count). The standard InChI is InChI=1S/C20H23NO5/c1-3-25-17-11-8-15(13-18(17)26-4-2)20(24)21-16-9-5-14(6-10-16)7-12-19(22)23/h5-6,8-11,13H,3-4,7,12H2,1-2H3,(H,21,24)(H,22,23). The highest BCUT2D eigenvalue weighted by Gasteiger charge is 2.12. The lowest BCUT2D eigenvalue weighted by Crippen LogP contribution is -2.12. The normalized spacial score (nSPS) is 10.2. The Morgan fingerprint density at radius 1 is 0.962 bits per heavy atom. The Kier molecular flexibility index (Phi) is 7.02. The van der Waals surface area contributed by atoms with Gasteiger partial charge in [0.2, 0.25) is 0 Å². The molecule has 2 N–H and O–H groups in total. The van der Waals surface area contributed by atoms with Crippen LogP contribution in [0.5, 0.6) is 11.5 Å². The minimum absolute atomic E-state index is 0.0814. The molecule has 0 atom stereocenters.